The molecule has 0 aromatic heterocycles. The fraction of sp³-hybridized carbons (Fsp3) is 0.533. The van der Waals surface area contributed by atoms with Gasteiger partial charge in [-0.3, -0.25) is 9.69 Å². The SMILES string of the molecule is COCC(=O)N1CCN(Cc2cc(O)cc(C(F)(F)F)c2)CC1. The van der Waals surface area contributed by atoms with E-state index in [0.29, 0.717) is 44.4 Å². The third-order valence-corrected chi connectivity index (χ3v) is 3.70. The Hall–Kier alpha value is -1.80. The van der Waals surface area contributed by atoms with Gasteiger partial charge in [-0.25, -0.2) is 0 Å². The van der Waals surface area contributed by atoms with Gasteiger partial charge in [0.05, 0.1) is 5.56 Å². The van der Waals surface area contributed by atoms with E-state index >= 15 is 0 Å². The fourth-order valence-electron chi connectivity index (χ4n) is 2.56. The van der Waals surface area contributed by atoms with Crippen molar-refractivity contribution in [2.75, 3.05) is 39.9 Å². The molecule has 23 heavy (non-hydrogen) atoms. The second kappa shape index (κ2) is 7.18. The van der Waals surface area contributed by atoms with E-state index in [-0.39, 0.29) is 12.5 Å². The third kappa shape index (κ3) is 4.84. The number of nitrogens with zero attached hydrogens (tertiary/aromatic N) is 2. The largest absolute Gasteiger partial charge is 0.508 e. The zero-order chi connectivity index (χ0) is 17.0. The number of hydrogen-bond donors (Lipinski definition) is 1. The number of piperazine rings is 1. The summed E-state index contributed by atoms with van der Waals surface area (Å²) in [5.41, 5.74) is -0.463. The van der Waals surface area contributed by atoms with E-state index in [0.717, 1.165) is 6.07 Å². The van der Waals surface area contributed by atoms with Crippen LogP contribution < -0.4 is 0 Å². The van der Waals surface area contributed by atoms with Crippen LogP contribution in [-0.2, 0) is 22.3 Å². The number of alkyl halides is 3. The standard InChI is InChI=1S/C15H19F3N2O3/c1-23-10-14(22)20-4-2-19(3-5-20)9-11-6-12(15(16,17)18)8-13(21)7-11/h6-8,21H,2-5,9-10H2,1H3. The number of phenols is 1. The second-order valence-corrected chi connectivity index (χ2v) is 5.48. The van der Waals surface area contributed by atoms with Gasteiger partial charge in [-0.2, -0.15) is 13.2 Å². The number of carbonyl (C=O) groups excluding carboxylic acids is 1. The molecule has 0 spiro atoms. The summed E-state index contributed by atoms with van der Waals surface area (Å²) in [6.07, 6.45) is -4.49. The van der Waals surface area contributed by atoms with Crippen LogP contribution in [0.3, 0.4) is 0 Å². The highest BCUT2D eigenvalue weighted by Gasteiger charge is 2.31. The summed E-state index contributed by atoms with van der Waals surface area (Å²) < 4.78 is 43.1. The number of rotatable bonds is 4. The first-order valence-corrected chi connectivity index (χ1v) is 7.19. The van der Waals surface area contributed by atoms with Crippen molar-refractivity contribution in [3.63, 3.8) is 0 Å². The third-order valence-electron chi connectivity index (χ3n) is 3.70. The Labute approximate surface area is 132 Å². The predicted octanol–water partition coefficient (Wildman–Crippen LogP) is 1.70. The fourth-order valence-corrected chi connectivity index (χ4v) is 2.56. The first kappa shape index (κ1) is 17.6. The Bertz CT molecular complexity index is 555. The van der Waals surface area contributed by atoms with E-state index in [4.69, 9.17) is 4.74 Å². The Kier molecular flexibility index (Phi) is 5.48. The van der Waals surface area contributed by atoms with Crippen LogP contribution in [0.25, 0.3) is 0 Å². The highest BCUT2D eigenvalue weighted by Crippen LogP contribution is 2.32. The minimum atomic E-state index is -4.49. The number of amides is 1. The molecule has 1 aliphatic heterocycles. The van der Waals surface area contributed by atoms with Crippen LogP contribution >= 0.6 is 0 Å². The van der Waals surface area contributed by atoms with Gasteiger partial charge in [0.25, 0.3) is 0 Å². The number of methoxy groups -OCH3 is 1. The van der Waals surface area contributed by atoms with Gasteiger partial charge in [0.1, 0.15) is 12.4 Å². The van der Waals surface area contributed by atoms with Crippen LogP contribution in [0.2, 0.25) is 0 Å². The molecule has 128 valence electrons. The van der Waals surface area contributed by atoms with E-state index in [9.17, 15) is 23.1 Å². The van der Waals surface area contributed by atoms with Gasteiger partial charge < -0.3 is 14.7 Å². The van der Waals surface area contributed by atoms with E-state index in [2.05, 4.69) is 0 Å². The van der Waals surface area contributed by atoms with E-state index in [1.165, 1.54) is 13.2 Å². The normalized spacial score (nSPS) is 16.6. The van der Waals surface area contributed by atoms with Crippen molar-refractivity contribution >= 4 is 5.91 Å². The van der Waals surface area contributed by atoms with E-state index in [1.54, 1.807) is 4.90 Å². The van der Waals surface area contributed by atoms with E-state index in [1.807, 2.05) is 4.90 Å². The quantitative estimate of drug-likeness (QED) is 0.912. The maximum atomic E-state index is 12.8. The Morgan fingerprint density at radius 1 is 1.22 bits per heavy atom. The average molecular weight is 332 g/mol. The molecule has 0 bridgehead atoms. The van der Waals surface area contributed by atoms with Crippen LogP contribution in [0.5, 0.6) is 5.75 Å². The molecule has 5 nitrogen and oxygen atoms in total. The van der Waals surface area contributed by atoms with Crippen LogP contribution in [0.15, 0.2) is 18.2 Å². The number of carbonyl (C=O) groups is 1. The van der Waals surface area contributed by atoms with Crippen molar-refractivity contribution in [1.29, 1.82) is 0 Å². The minimum absolute atomic E-state index is 0.0293. The molecule has 0 saturated carbocycles. The predicted molar refractivity (Wildman–Crippen MR) is 76.8 cm³/mol. The van der Waals surface area contributed by atoms with Crippen molar-refractivity contribution in [2.45, 2.75) is 12.7 Å². The molecule has 8 heteroatoms. The average Bonchev–Trinajstić information content (AvgIpc) is 2.46. The smallest absolute Gasteiger partial charge is 0.416 e. The number of hydrogen-bond acceptors (Lipinski definition) is 4. The van der Waals surface area contributed by atoms with Crippen molar-refractivity contribution < 1.29 is 27.8 Å². The summed E-state index contributed by atoms with van der Waals surface area (Å²) in [7, 11) is 1.45. The highest BCUT2D eigenvalue weighted by atomic mass is 19.4. The molecule has 2 rings (SSSR count). The van der Waals surface area contributed by atoms with Gasteiger partial charge in [-0.1, -0.05) is 0 Å². The van der Waals surface area contributed by atoms with Gasteiger partial charge in [0.2, 0.25) is 5.91 Å². The Morgan fingerprint density at radius 3 is 2.43 bits per heavy atom. The molecular weight excluding hydrogens is 313 g/mol. The molecule has 1 saturated heterocycles. The first-order valence-electron chi connectivity index (χ1n) is 7.19. The molecule has 0 unspecified atom stereocenters. The van der Waals surface area contributed by atoms with Gasteiger partial charge in [0, 0.05) is 39.8 Å². The summed E-state index contributed by atoms with van der Waals surface area (Å²) >= 11 is 0. The second-order valence-electron chi connectivity index (χ2n) is 5.48. The van der Waals surface area contributed by atoms with Crippen LogP contribution in [0.4, 0.5) is 13.2 Å². The van der Waals surface area contributed by atoms with Crippen molar-refractivity contribution in [2.24, 2.45) is 0 Å². The van der Waals surface area contributed by atoms with Crippen molar-refractivity contribution in [3.05, 3.63) is 29.3 Å². The number of aromatic hydroxyl groups is 1. The van der Waals surface area contributed by atoms with Gasteiger partial charge in [-0.05, 0) is 23.8 Å². The lowest BCUT2D eigenvalue weighted by atomic mass is 10.1. The van der Waals surface area contributed by atoms with Gasteiger partial charge in [-0.15, -0.1) is 0 Å². The lowest BCUT2D eigenvalue weighted by Crippen LogP contribution is -2.49. The van der Waals surface area contributed by atoms with E-state index < -0.39 is 17.5 Å². The molecule has 1 aliphatic rings. The summed E-state index contributed by atoms with van der Waals surface area (Å²) in [4.78, 5) is 15.3. The molecule has 1 N–H and O–H groups in total. The highest BCUT2D eigenvalue weighted by molar-refractivity contribution is 5.77. The summed E-state index contributed by atoms with van der Waals surface area (Å²) in [5.74, 6) is -0.493. The van der Waals surface area contributed by atoms with Crippen molar-refractivity contribution in [1.82, 2.24) is 9.80 Å². The molecular formula is C15H19F3N2O3. The first-order chi connectivity index (χ1) is 10.8. The van der Waals surface area contributed by atoms with Gasteiger partial charge >= 0.3 is 6.18 Å². The number of phenolic OH excluding ortho intramolecular Hbond substituents is 1. The molecule has 1 aromatic carbocycles. The Balaban J connectivity index is 1.96. The molecule has 1 amide bonds. The number of halogens is 3. The lowest BCUT2D eigenvalue weighted by Gasteiger charge is -2.34. The lowest BCUT2D eigenvalue weighted by molar-refractivity contribution is -0.138. The molecule has 1 heterocycles. The maximum absolute atomic E-state index is 12.8. The summed E-state index contributed by atoms with van der Waals surface area (Å²) in [6.45, 7) is 2.46. The minimum Gasteiger partial charge on any atom is -0.508 e. The molecule has 0 radical (unpaired) electrons. The molecule has 1 aromatic rings. The summed E-state index contributed by atoms with van der Waals surface area (Å²) in [5, 5.41) is 9.48. The van der Waals surface area contributed by atoms with Crippen LogP contribution in [0.1, 0.15) is 11.1 Å². The zero-order valence-electron chi connectivity index (χ0n) is 12.8. The Morgan fingerprint density at radius 2 is 1.87 bits per heavy atom. The molecule has 0 aliphatic carbocycles. The van der Waals surface area contributed by atoms with Gasteiger partial charge in [0.15, 0.2) is 0 Å². The summed E-state index contributed by atoms with van der Waals surface area (Å²) in [6, 6.07) is 3.09. The number of benzene rings is 1. The monoisotopic (exact) mass is 332 g/mol. The van der Waals surface area contributed by atoms with Crippen LogP contribution in [-0.4, -0.2) is 60.7 Å². The topological polar surface area (TPSA) is 53.0 Å². The van der Waals surface area contributed by atoms with Crippen molar-refractivity contribution in [3.8, 4) is 5.75 Å². The maximum Gasteiger partial charge on any atom is 0.416 e. The molecule has 1 fully saturated rings. The van der Waals surface area contributed by atoms with Crippen LogP contribution in [0, 0.1) is 0 Å². The number of ether oxygens (including phenoxy) is 1. The zero-order valence-corrected chi connectivity index (χ0v) is 12.8. The molecule has 0 atom stereocenters.